The Balaban J connectivity index is 2.31. The number of rotatable bonds is 2. The van der Waals surface area contributed by atoms with Crippen molar-refractivity contribution in [3.8, 4) is 0 Å². The van der Waals surface area contributed by atoms with Gasteiger partial charge in [-0.15, -0.1) is 0 Å². The Kier molecular flexibility index (Phi) is 2.25. The molecule has 0 aromatic rings. The Morgan fingerprint density at radius 2 is 2.20 bits per heavy atom. The summed E-state index contributed by atoms with van der Waals surface area (Å²) in [5.74, 6) is 0. The first kappa shape index (κ1) is 7.94. The molecule has 1 saturated heterocycles. The topological polar surface area (TPSA) is 69.9 Å². The second-order valence-electron chi connectivity index (χ2n) is 2.55. The van der Waals surface area contributed by atoms with Gasteiger partial charge >= 0.3 is 0 Å². The van der Waals surface area contributed by atoms with E-state index in [9.17, 15) is 0 Å². The van der Waals surface area contributed by atoms with Crippen molar-refractivity contribution >= 4 is 0 Å². The zero-order valence-corrected chi connectivity index (χ0v) is 5.77. The van der Waals surface area contributed by atoms with E-state index in [1.807, 2.05) is 0 Å². The molecule has 60 valence electrons. The summed E-state index contributed by atoms with van der Waals surface area (Å²) >= 11 is 0. The Labute approximate surface area is 59.1 Å². The third-order valence-electron chi connectivity index (χ3n) is 1.70. The maximum absolute atomic E-state index is 9.09. The molecule has 3 N–H and O–H groups in total. The molecule has 0 radical (unpaired) electrons. The molecule has 0 aromatic heterocycles. The zero-order valence-electron chi connectivity index (χ0n) is 5.77. The van der Waals surface area contributed by atoms with Crippen LogP contribution in [-0.2, 0) is 4.74 Å². The van der Waals surface area contributed by atoms with Gasteiger partial charge in [-0.3, -0.25) is 0 Å². The van der Waals surface area contributed by atoms with Gasteiger partial charge in [0.05, 0.1) is 12.7 Å². The largest absolute Gasteiger partial charge is 0.394 e. The van der Waals surface area contributed by atoms with Gasteiger partial charge in [0.15, 0.2) is 0 Å². The third kappa shape index (κ3) is 1.15. The van der Waals surface area contributed by atoms with Crippen LogP contribution in [0.25, 0.3) is 0 Å². The number of aliphatic hydroxyl groups is 3. The van der Waals surface area contributed by atoms with Crippen LogP contribution in [-0.4, -0.2) is 46.3 Å². The fourth-order valence-electron chi connectivity index (χ4n) is 1.03. The van der Waals surface area contributed by atoms with Crippen molar-refractivity contribution in [2.45, 2.75) is 31.3 Å². The van der Waals surface area contributed by atoms with Gasteiger partial charge in [0, 0.05) is 0 Å². The number of ether oxygens (including phenoxy) is 1. The molecule has 4 nitrogen and oxygen atoms in total. The lowest BCUT2D eigenvalue weighted by Crippen LogP contribution is -2.59. The Morgan fingerprint density at radius 3 is 2.50 bits per heavy atom. The van der Waals surface area contributed by atoms with Gasteiger partial charge in [-0.1, -0.05) is 0 Å². The van der Waals surface area contributed by atoms with E-state index in [-0.39, 0.29) is 6.61 Å². The summed E-state index contributed by atoms with van der Waals surface area (Å²) < 4.78 is 4.91. The normalized spacial score (nSPS) is 42.6. The summed E-state index contributed by atoms with van der Waals surface area (Å²) in [6, 6.07) is 0. The fourth-order valence-corrected chi connectivity index (χ4v) is 1.03. The van der Waals surface area contributed by atoms with Gasteiger partial charge in [0.1, 0.15) is 18.3 Å². The molecule has 4 atom stereocenters. The molecular weight excluding hydrogens is 136 g/mol. The van der Waals surface area contributed by atoms with Crippen LogP contribution < -0.4 is 0 Å². The summed E-state index contributed by atoms with van der Waals surface area (Å²) in [6.07, 6.45) is -2.40. The summed E-state index contributed by atoms with van der Waals surface area (Å²) in [4.78, 5) is 0. The number of hydrogen-bond acceptors (Lipinski definition) is 4. The molecule has 1 heterocycles. The van der Waals surface area contributed by atoms with E-state index in [1.54, 1.807) is 6.92 Å². The highest BCUT2D eigenvalue weighted by Crippen LogP contribution is 2.23. The predicted molar refractivity (Wildman–Crippen MR) is 33.4 cm³/mol. The molecule has 1 aliphatic rings. The summed E-state index contributed by atoms with van der Waals surface area (Å²) in [6.45, 7) is 1.35. The molecular formula is C6H12O4. The first-order valence-electron chi connectivity index (χ1n) is 3.29. The molecule has 1 aliphatic heterocycles. The van der Waals surface area contributed by atoms with Crippen molar-refractivity contribution in [2.24, 2.45) is 0 Å². The predicted octanol–water partition coefficient (Wildman–Crippen LogP) is -1.51. The van der Waals surface area contributed by atoms with E-state index in [2.05, 4.69) is 0 Å². The molecule has 0 amide bonds. The van der Waals surface area contributed by atoms with Crippen LogP contribution in [0.1, 0.15) is 6.92 Å². The van der Waals surface area contributed by atoms with Crippen molar-refractivity contribution in [1.82, 2.24) is 0 Å². The molecule has 4 unspecified atom stereocenters. The van der Waals surface area contributed by atoms with Crippen LogP contribution >= 0.6 is 0 Å². The summed E-state index contributed by atoms with van der Waals surface area (Å²) in [5, 5.41) is 26.5. The SMILES string of the molecule is CC(O)C1OC(CO)C1O. The minimum absolute atomic E-state index is 0.190. The molecule has 1 fully saturated rings. The van der Waals surface area contributed by atoms with E-state index in [0.717, 1.165) is 0 Å². The van der Waals surface area contributed by atoms with Crippen molar-refractivity contribution in [1.29, 1.82) is 0 Å². The molecule has 10 heavy (non-hydrogen) atoms. The summed E-state index contributed by atoms with van der Waals surface area (Å²) in [5.41, 5.74) is 0. The molecule has 0 aromatic carbocycles. The minimum atomic E-state index is -0.718. The van der Waals surface area contributed by atoms with Gasteiger partial charge in [-0.25, -0.2) is 0 Å². The molecule has 0 spiro atoms. The molecule has 0 saturated carbocycles. The maximum Gasteiger partial charge on any atom is 0.112 e. The zero-order chi connectivity index (χ0) is 7.72. The van der Waals surface area contributed by atoms with E-state index < -0.39 is 24.4 Å². The third-order valence-corrected chi connectivity index (χ3v) is 1.70. The van der Waals surface area contributed by atoms with Gasteiger partial charge in [0.2, 0.25) is 0 Å². The lowest BCUT2D eigenvalue weighted by molar-refractivity contribution is -0.258. The highest BCUT2D eigenvalue weighted by Gasteiger charge is 2.43. The van der Waals surface area contributed by atoms with Gasteiger partial charge < -0.3 is 20.1 Å². The van der Waals surface area contributed by atoms with Crippen LogP contribution in [0.5, 0.6) is 0 Å². The average molecular weight is 148 g/mol. The number of hydrogen-bond donors (Lipinski definition) is 3. The second kappa shape index (κ2) is 2.84. The minimum Gasteiger partial charge on any atom is -0.394 e. The van der Waals surface area contributed by atoms with E-state index in [0.29, 0.717) is 0 Å². The standard InChI is InChI=1S/C6H12O4/c1-3(8)6-5(9)4(2-7)10-6/h3-9H,2H2,1H3. The van der Waals surface area contributed by atoms with Crippen LogP contribution in [0.15, 0.2) is 0 Å². The average Bonchev–Trinajstić information content (AvgIpc) is 1.85. The summed E-state index contributed by atoms with van der Waals surface area (Å²) in [7, 11) is 0. The van der Waals surface area contributed by atoms with Crippen molar-refractivity contribution in [2.75, 3.05) is 6.61 Å². The van der Waals surface area contributed by atoms with E-state index in [4.69, 9.17) is 20.1 Å². The van der Waals surface area contributed by atoms with Gasteiger partial charge in [-0.05, 0) is 6.92 Å². The number of aliphatic hydroxyl groups excluding tert-OH is 3. The lowest BCUT2D eigenvalue weighted by atomic mass is 9.98. The van der Waals surface area contributed by atoms with Crippen LogP contribution in [0.4, 0.5) is 0 Å². The van der Waals surface area contributed by atoms with E-state index >= 15 is 0 Å². The van der Waals surface area contributed by atoms with Gasteiger partial charge in [0.25, 0.3) is 0 Å². The van der Waals surface area contributed by atoms with Crippen molar-refractivity contribution in [3.63, 3.8) is 0 Å². The fraction of sp³-hybridized carbons (Fsp3) is 1.00. The second-order valence-corrected chi connectivity index (χ2v) is 2.55. The van der Waals surface area contributed by atoms with Crippen molar-refractivity contribution in [3.05, 3.63) is 0 Å². The molecule has 4 heteroatoms. The lowest BCUT2D eigenvalue weighted by Gasteiger charge is -2.41. The van der Waals surface area contributed by atoms with Crippen LogP contribution in [0.3, 0.4) is 0 Å². The highest BCUT2D eigenvalue weighted by molar-refractivity contribution is 4.90. The van der Waals surface area contributed by atoms with Gasteiger partial charge in [-0.2, -0.15) is 0 Å². The van der Waals surface area contributed by atoms with Crippen LogP contribution in [0, 0.1) is 0 Å². The Morgan fingerprint density at radius 1 is 1.60 bits per heavy atom. The highest BCUT2D eigenvalue weighted by atomic mass is 16.6. The van der Waals surface area contributed by atoms with E-state index in [1.165, 1.54) is 0 Å². The first-order valence-corrected chi connectivity index (χ1v) is 3.29. The quantitative estimate of drug-likeness (QED) is 0.445. The smallest absolute Gasteiger partial charge is 0.112 e. The molecule has 1 rings (SSSR count). The maximum atomic E-state index is 9.09. The Hall–Kier alpha value is -0.160. The monoisotopic (exact) mass is 148 g/mol. The Bertz CT molecular complexity index is 114. The van der Waals surface area contributed by atoms with Crippen molar-refractivity contribution < 1.29 is 20.1 Å². The first-order chi connectivity index (χ1) is 4.66. The molecule has 0 bridgehead atoms. The molecule has 0 aliphatic carbocycles. The van der Waals surface area contributed by atoms with Crippen LogP contribution in [0.2, 0.25) is 0 Å².